The first kappa shape index (κ1) is 11.8. The van der Waals surface area contributed by atoms with Gasteiger partial charge in [-0.1, -0.05) is 25.2 Å². The lowest BCUT2D eigenvalue weighted by molar-refractivity contribution is 0.0426. The smallest absolute Gasteiger partial charge is 0.0594 e. The molecule has 0 amide bonds. The summed E-state index contributed by atoms with van der Waals surface area (Å²) in [6, 6.07) is 0. The standard InChI is InChI=1S/C13H17NO/c1-4-12(2)5-6-13(3)11-14-7-9-15-10-8-14/h1,5-6H,2-3,7-11H2/b6-5-. The molecule has 0 N–H and O–H groups in total. The number of allylic oxidation sites excluding steroid dienone is 2. The molecule has 1 aliphatic heterocycles. The van der Waals surface area contributed by atoms with Crippen LogP contribution >= 0.6 is 0 Å². The Bertz CT molecular complexity index is 303. The molecule has 80 valence electrons. The van der Waals surface area contributed by atoms with Gasteiger partial charge in [-0.3, -0.25) is 4.90 Å². The van der Waals surface area contributed by atoms with Crippen molar-refractivity contribution in [3.8, 4) is 12.3 Å². The molecule has 2 heteroatoms. The normalized spacial score (nSPS) is 17.5. The van der Waals surface area contributed by atoms with Crippen molar-refractivity contribution < 1.29 is 4.74 Å². The maximum absolute atomic E-state index is 5.27. The van der Waals surface area contributed by atoms with E-state index in [1.165, 1.54) is 0 Å². The Hall–Kier alpha value is -1.30. The minimum absolute atomic E-state index is 0.679. The molecule has 15 heavy (non-hydrogen) atoms. The Morgan fingerprint density at radius 3 is 2.60 bits per heavy atom. The predicted molar refractivity (Wildman–Crippen MR) is 63.5 cm³/mol. The fourth-order valence-electron chi connectivity index (χ4n) is 1.37. The van der Waals surface area contributed by atoms with Gasteiger partial charge in [-0.25, -0.2) is 0 Å². The molecule has 1 heterocycles. The van der Waals surface area contributed by atoms with Gasteiger partial charge in [0, 0.05) is 25.2 Å². The molecule has 0 aromatic carbocycles. The van der Waals surface area contributed by atoms with Gasteiger partial charge < -0.3 is 4.74 Å². The minimum atomic E-state index is 0.679. The van der Waals surface area contributed by atoms with E-state index in [0.29, 0.717) is 5.57 Å². The zero-order valence-electron chi connectivity index (χ0n) is 9.04. The second-order valence-electron chi connectivity index (χ2n) is 3.55. The molecular weight excluding hydrogens is 186 g/mol. The van der Waals surface area contributed by atoms with Gasteiger partial charge in [0.25, 0.3) is 0 Å². The number of morpholine rings is 1. The lowest BCUT2D eigenvalue weighted by Gasteiger charge is -2.26. The second-order valence-corrected chi connectivity index (χ2v) is 3.55. The molecule has 0 unspecified atom stereocenters. The lowest BCUT2D eigenvalue weighted by Crippen LogP contribution is -2.37. The third-order valence-corrected chi connectivity index (χ3v) is 2.24. The molecule has 0 aliphatic carbocycles. The molecule has 2 nitrogen and oxygen atoms in total. The Labute approximate surface area is 91.9 Å². The number of terminal acetylenes is 1. The maximum Gasteiger partial charge on any atom is 0.0594 e. The highest BCUT2D eigenvalue weighted by molar-refractivity contribution is 5.36. The summed E-state index contributed by atoms with van der Waals surface area (Å²) in [5.41, 5.74) is 1.73. The van der Waals surface area contributed by atoms with Crippen molar-refractivity contribution in [2.45, 2.75) is 0 Å². The first-order valence-corrected chi connectivity index (χ1v) is 5.04. The van der Waals surface area contributed by atoms with Crippen LogP contribution in [-0.4, -0.2) is 37.7 Å². The van der Waals surface area contributed by atoms with Crippen molar-refractivity contribution in [1.82, 2.24) is 4.90 Å². The monoisotopic (exact) mass is 203 g/mol. The summed E-state index contributed by atoms with van der Waals surface area (Å²) in [5, 5.41) is 0. The summed E-state index contributed by atoms with van der Waals surface area (Å²) in [5.74, 6) is 2.47. The van der Waals surface area contributed by atoms with Crippen molar-refractivity contribution in [3.63, 3.8) is 0 Å². The van der Waals surface area contributed by atoms with Crippen LogP contribution < -0.4 is 0 Å². The molecule has 0 aromatic rings. The quantitative estimate of drug-likeness (QED) is 0.508. The molecule has 0 aromatic heterocycles. The minimum Gasteiger partial charge on any atom is -0.379 e. The fraction of sp³-hybridized carbons (Fsp3) is 0.385. The number of hydrogen-bond acceptors (Lipinski definition) is 2. The summed E-state index contributed by atoms with van der Waals surface area (Å²) in [6.07, 6.45) is 8.94. The van der Waals surface area contributed by atoms with Crippen LogP contribution in [0.1, 0.15) is 0 Å². The fourth-order valence-corrected chi connectivity index (χ4v) is 1.37. The van der Waals surface area contributed by atoms with Gasteiger partial charge in [-0.15, -0.1) is 6.42 Å². The van der Waals surface area contributed by atoms with E-state index in [0.717, 1.165) is 38.4 Å². The van der Waals surface area contributed by atoms with E-state index in [4.69, 9.17) is 11.2 Å². The van der Waals surface area contributed by atoms with E-state index in [9.17, 15) is 0 Å². The Balaban J connectivity index is 2.32. The lowest BCUT2D eigenvalue weighted by atomic mass is 10.2. The van der Waals surface area contributed by atoms with E-state index >= 15 is 0 Å². The summed E-state index contributed by atoms with van der Waals surface area (Å²) in [7, 11) is 0. The first-order chi connectivity index (χ1) is 7.22. The van der Waals surface area contributed by atoms with E-state index in [1.54, 1.807) is 0 Å². The van der Waals surface area contributed by atoms with Crippen LogP contribution in [0.2, 0.25) is 0 Å². The van der Waals surface area contributed by atoms with Gasteiger partial charge in [0.15, 0.2) is 0 Å². The average Bonchev–Trinajstić information content (AvgIpc) is 2.27. The number of hydrogen-bond donors (Lipinski definition) is 0. The van der Waals surface area contributed by atoms with E-state index in [-0.39, 0.29) is 0 Å². The van der Waals surface area contributed by atoms with Crippen molar-refractivity contribution in [2.75, 3.05) is 32.8 Å². The van der Waals surface area contributed by atoms with Gasteiger partial charge in [0.2, 0.25) is 0 Å². The third-order valence-electron chi connectivity index (χ3n) is 2.24. The summed E-state index contributed by atoms with van der Waals surface area (Å²) in [4.78, 5) is 2.31. The molecule has 0 saturated carbocycles. The van der Waals surface area contributed by atoms with Crippen LogP contribution in [0.25, 0.3) is 0 Å². The van der Waals surface area contributed by atoms with Crippen molar-refractivity contribution in [3.05, 3.63) is 36.5 Å². The van der Waals surface area contributed by atoms with Crippen molar-refractivity contribution in [1.29, 1.82) is 0 Å². The van der Waals surface area contributed by atoms with E-state index in [2.05, 4.69) is 24.0 Å². The second kappa shape index (κ2) is 6.23. The van der Waals surface area contributed by atoms with Crippen LogP contribution in [0.4, 0.5) is 0 Å². The molecule has 1 aliphatic rings. The third kappa shape index (κ3) is 4.64. The SMILES string of the molecule is C#CC(=C)/C=C\C(=C)CN1CCOCC1. The van der Waals surface area contributed by atoms with Gasteiger partial charge >= 0.3 is 0 Å². The van der Waals surface area contributed by atoms with Crippen LogP contribution in [0.5, 0.6) is 0 Å². The molecule has 0 radical (unpaired) electrons. The Morgan fingerprint density at radius 1 is 1.33 bits per heavy atom. The van der Waals surface area contributed by atoms with Crippen LogP contribution in [0.15, 0.2) is 36.5 Å². The largest absolute Gasteiger partial charge is 0.379 e. The van der Waals surface area contributed by atoms with Gasteiger partial charge in [0.05, 0.1) is 13.2 Å². The van der Waals surface area contributed by atoms with Crippen LogP contribution in [-0.2, 0) is 4.74 Å². The van der Waals surface area contributed by atoms with E-state index < -0.39 is 0 Å². The number of nitrogens with zero attached hydrogens (tertiary/aromatic N) is 1. The molecule has 1 saturated heterocycles. The van der Waals surface area contributed by atoms with E-state index in [1.807, 2.05) is 12.2 Å². The first-order valence-electron chi connectivity index (χ1n) is 5.04. The van der Waals surface area contributed by atoms with Crippen LogP contribution in [0, 0.1) is 12.3 Å². The summed E-state index contributed by atoms with van der Waals surface area (Å²) >= 11 is 0. The topological polar surface area (TPSA) is 12.5 Å². The van der Waals surface area contributed by atoms with Gasteiger partial charge in [0.1, 0.15) is 0 Å². The highest BCUT2D eigenvalue weighted by atomic mass is 16.5. The van der Waals surface area contributed by atoms with Crippen molar-refractivity contribution >= 4 is 0 Å². The molecule has 1 rings (SSSR count). The Morgan fingerprint density at radius 2 is 2.00 bits per heavy atom. The number of rotatable bonds is 4. The highest BCUT2D eigenvalue weighted by Crippen LogP contribution is 2.03. The predicted octanol–water partition coefficient (Wildman–Crippen LogP) is 1.62. The maximum atomic E-state index is 5.27. The van der Waals surface area contributed by atoms with Crippen LogP contribution in [0.3, 0.4) is 0 Å². The molecule has 1 fully saturated rings. The summed E-state index contributed by atoms with van der Waals surface area (Å²) in [6.45, 7) is 12.1. The molecule has 0 atom stereocenters. The van der Waals surface area contributed by atoms with Gasteiger partial charge in [-0.2, -0.15) is 0 Å². The zero-order valence-corrected chi connectivity index (χ0v) is 9.04. The highest BCUT2D eigenvalue weighted by Gasteiger charge is 2.09. The average molecular weight is 203 g/mol. The number of ether oxygens (including phenoxy) is 1. The molecule has 0 spiro atoms. The summed E-state index contributed by atoms with van der Waals surface area (Å²) < 4.78 is 5.27. The molecule has 0 bridgehead atoms. The van der Waals surface area contributed by atoms with Crippen molar-refractivity contribution in [2.24, 2.45) is 0 Å². The Kier molecular flexibility index (Phi) is 4.89. The molecular formula is C13H17NO. The van der Waals surface area contributed by atoms with Gasteiger partial charge in [-0.05, 0) is 11.6 Å². The zero-order chi connectivity index (χ0) is 11.1.